The summed E-state index contributed by atoms with van der Waals surface area (Å²) in [7, 11) is 0. The Bertz CT molecular complexity index is 867. The van der Waals surface area contributed by atoms with Crippen molar-refractivity contribution in [3.63, 3.8) is 0 Å². The molecule has 0 aliphatic rings. The Morgan fingerprint density at radius 2 is 2.04 bits per heavy atom. The summed E-state index contributed by atoms with van der Waals surface area (Å²) in [6.07, 6.45) is 5.17. The topological polar surface area (TPSA) is 73.0 Å². The fraction of sp³-hybridized carbons (Fsp3) is 0.350. The highest BCUT2D eigenvalue weighted by Crippen LogP contribution is 2.21. The molecule has 6 heteroatoms. The molecule has 1 N–H and O–H groups in total. The standard InChI is InChI=1S/C20H24N4O2/c1-4-17-19(14(2)26-23-17)20(25)22-18(16-8-6-5-7-9-16)10-12-24-13-11-21-15(24)3/h5-9,11,13,18H,4,10,12H2,1-3H3,(H,22,25). The molecule has 26 heavy (non-hydrogen) atoms. The molecular weight excluding hydrogens is 328 g/mol. The van der Waals surface area contributed by atoms with Crippen LogP contribution in [0.2, 0.25) is 0 Å². The van der Waals surface area contributed by atoms with Gasteiger partial charge in [-0.15, -0.1) is 0 Å². The second-order valence-corrected chi connectivity index (χ2v) is 6.31. The van der Waals surface area contributed by atoms with Crippen molar-refractivity contribution in [1.29, 1.82) is 0 Å². The van der Waals surface area contributed by atoms with Gasteiger partial charge in [-0.1, -0.05) is 42.4 Å². The van der Waals surface area contributed by atoms with E-state index in [1.165, 1.54) is 0 Å². The summed E-state index contributed by atoms with van der Waals surface area (Å²) in [5.74, 6) is 1.37. The molecular formula is C20H24N4O2. The van der Waals surface area contributed by atoms with Crippen LogP contribution in [0.3, 0.4) is 0 Å². The molecule has 1 atom stereocenters. The number of nitrogens with one attached hydrogen (secondary N) is 1. The molecule has 0 aliphatic carbocycles. The van der Waals surface area contributed by atoms with Gasteiger partial charge in [-0.3, -0.25) is 4.79 Å². The first-order chi connectivity index (χ1) is 12.6. The molecule has 0 saturated carbocycles. The first-order valence-electron chi connectivity index (χ1n) is 8.88. The second-order valence-electron chi connectivity index (χ2n) is 6.31. The lowest BCUT2D eigenvalue weighted by atomic mass is 10.0. The molecule has 0 radical (unpaired) electrons. The van der Waals surface area contributed by atoms with Crippen molar-refractivity contribution in [2.24, 2.45) is 0 Å². The molecule has 0 spiro atoms. The molecule has 0 aliphatic heterocycles. The van der Waals surface area contributed by atoms with Crippen molar-refractivity contribution in [3.05, 3.63) is 71.1 Å². The maximum atomic E-state index is 12.9. The Hall–Kier alpha value is -2.89. The smallest absolute Gasteiger partial charge is 0.257 e. The fourth-order valence-electron chi connectivity index (χ4n) is 3.10. The molecule has 0 saturated heterocycles. The largest absolute Gasteiger partial charge is 0.361 e. The minimum absolute atomic E-state index is 0.107. The van der Waals surface area contributed by atoms with Crippen molar-refractivity contribution < 1.29 is 9.32 Å². The number of aryl methyl sites for hydroxylation is 4. The van der Waals surface area contributed by atoms with Crippen molar-refractivity contribution >= 4 is 5.91 Å². The Kier molecular flexibility index (Phi) is 5.51. The van der Waals surface area contributed by atoms with E-state index in [0.717, 1.165) is 24.4 Å². The van der Waals surface area contributed by atoms with Crippen LogP contribution in [-0.2, 0) is 13.0 Å². The van der Waals surface area contributed by atoms with Gasteiger partial charge < -0.3 is 14.4 Å². The summed E-state index contributed by atoms with van der Waals surface area (Å²) >= 11 is 0. The summed E-state index contributed by atoms with van der Waals surface area (Å²) < 4.78 is 7.29. The minimum atomic E-state index is -0.142. The van der Waals surface area contributed by atoms with E-state index in [4.69, 9.17) is 4.52 Å². The van der Waals surface area contributed by atoms with Gasteiger partial charge in [0.1, 0.15) is 17.1 Å². The van der Waals surface area contributed by atoms with Gasteiger partial charge in [0.15, 0.2) is 0 Å². The first-order valence-corrected chi connectivity index (χ1v) is 8.88. The van der Waals surface area contributed by atoms with Crippen LogP contribution >= 0.6 is 0 Å². The van der Waals surface area contributed by atoms with Gasteiger partial charge in [0, 0.05) is 18.9 Å². The number of aromatic nitrogens is 3. The molecule has 136 valence electrons. The van der Waals surface area contributed by atoms with Crippen LogP contribution in [0.1, 0.15) is 52.6 Å². The average Bonchev–Trinajstić information content (AvgIpc) is 3.24. The Labute approximate surface area is 153 Å². The highest BCUT2D eigenvalue weighted by molar-refractivity contribution is 5.96. The zero-order valence-corrected chi connectivity index (χ0v) is 15.4. The summed E-state index contributed by atoms with van der Waals surface area (Å²) in [6.45, 7) is 6.48. The lowest BCUT2D eigenvalue weighted by Gasteiger charge is -2.20. The second kappa shape index (κ2) is 7.99. The third-order valence-corrected chi connectivity index (χ3v) is 4.58. The molecule has 0 fully saturated rings. The van der Waals surface area contributed by atoms with Gasteiger partial charge >= 0.3 is 0 Å². The monoisotopic (exact) mass is 352 g/mol. The van der Waals surface area contributed by atoms with E-state index >= 15 is 0 Å². The molecule has 1 aromatic carbocycles. The highest BCUT2D eigenvalue weighted by atomic mass is 16.5. The van der Waals surface area contributed by atoms with Crippen LogP contribution in [0.15, 0.2) is 47.2 Å². The number of hydrogen-bond acceptors (Lipinski definition) is 4. The minimum Gasteiger partial charge on any atom is -0.361 e. The normalized spacial score (nSPS) is 12.1. The van der Waals surface area contributed by atoms with E-state index in [1.807, 2.05) is 50.4 Å². The lowest BCUT2D eigenvalue weighted by Crippen LogP contribution is -2.30. The van der Waals surface area contributed by atoms with E-state index in [1.54, 1.807) is 13.1 Å². The third kappa shape index (κ3) is 3.85. The van der Waals surface area contributed by atoms with Gasteiger partial charge in [-0.25, -0.2) is 4.98 Å². The number of hydrogen-bond donors (Lipinski definition) is 1. The quantitative estimate of drug-likeness (QED) is 0.705. The summed E-state index contributed by atoms with van der Waals surface area (Å²) in [4.78, 5) is 17.1. The third-order valence-electron chi connectivity index (χ3n) is 4.58. The first kappa shape index (κ1) is 17.9. The summed E-state index contributed by atoms with van der Waals surface area (Å²) in [5.41, 5.74) is 2.32. The number of rotatable bonds is 7. The van der Waals surface area contributed by atoms with Gasteiger partial charge in [-0.2, -0.15) is 0 Å². The number of carbonyl (C=O) groups excluding carboxylic acids is 1. The molecule has 0 bridgehead atoms. The SMILES string of the molecule is CCc1noc(C)c1C(=O)NC(CCn1ccnc1C)c1ccccc1. The van der Waals surface area contributed by atoms with Gasteiger partial charge in [0.05, 0.1) is 11.7 Å². The Balaban J connectivity index is 1.80. The number of amides is 1. The molecule has 2 aromatic heterocycles. The molecule has 3 aromatic rings. The lowest BCUT2D eigenvalue weighted by molar-refractivity contribution is 0.0931. The van der Waals surface area contributed by atoms with E-state index in [2.05, 4.69) is 20.0 Å². The molecule has 6 nitrogen and oxygen atoms in total. The zero-order chi connectivity index (χ0) is 18.5. The number of benzene rings is 1. The van der Waals surface area contributed by atoms with Gasteiger partial charge in [-0.05, 0) is 32.3 Å². The Morgan fingerprint density at radius 1 is 1.27 bits per heavy atom. The van der Waals surface area contributed by atoms with E-state index < -0.39 is 0 Å². The predicted molar refractivity (Wildman–Crippen MR) is 98.8 cm³/mol. The van der Waals surface area contributed by atoms with Crippen molar-refractivity contribution in [3.8, 4) is 0 Å². The maximum Gasteiger partial charge on any atom is 0.257 e. The number of carbonyl (C=O) groups is 1. The highest BCUT2D eigenvalue weighted by Gasteiger charge is 2.22. The molecule has 1 unspecified atom stereocenters. The van der Waals surface area contributed by atoms with Gasteiger partial charge in [0.25, 0.3) is 5.91 Å². The summed E-state index contributed by atoms with van der Waals surface area (Å²) in [5, 5.41) is 7.15. The fourth-order valence-corrected chi connectivity index (χ4v) is 3.10. The maximum absolute atomic E-state index is 12.9. The van der Waals surface area contributed by atoms with Crippen LogP contribution in [0, 0.1) is 13.8 Å². The van der Waals surface area contributed by atoms with E-state index in [-0.39, 0.29) is 11.9 Å². The van der Waals surface area contributed by atoms with Gasteiger partial charge in [0.2, 0.25) is 0 Å². The van der Waals surface area contributed by atoms with Crippen LogP contribution in [0.4, 0.5) is 0 Å². The van der Waals surface area contributed by atoms with Crippen LogP contribution < -0.4 is 5.32 Å². The number of nitrogens with zero attached hydrogens (tertiary/aromatic N) is 3. The molecule has 3 rings (SSSR count). The van der Waals surface area contributed by atoms with E-state index in [0.29, 0.717) is 23.4 Å². The van der Waals surface area contributed by atoms with Crippen molar-refractivity contribution in [1.82, 2.24) is 20.0 Å². The number of imidazole rings is 1. The molecule has 1 amide bonds. The average molecular weight is 352 g/mol. The van der Waals surface area contributed by atoms with E-state index in [9.17, 15) is 4.79 Å². The van der Waals surface area contributed by atoms with Crippen LogP contribution in [0.25, 0.3) is 0 Å². The summed E-state index contributed by atoms with van der Waals surface area (Å²) in [6, 6.07) is 9.91. The predicted octanol–water partition coefficient (Wildman–Crippen LogP) is 3.61. The van der Waals surface area contributed by atoms with Crippen LogP contribution in [-0.4, -0.2) is 20.6 Å². The molecule has 2 heterocycles. The van der Waals surface area contributed by atoms with Crippen molar-refractivity contribution in [2.45, 2.75) is 46.2 Å². The van der Waals surface area contributed by atoms with Crippen molar-refractivity contribution in [2.75, 3.05) is 0 Å². The van der Waals surface area contributed by atoms with Crippen LogP contribution in [0.5, 0.6) is 0 Å². The zero-order valence-electron chi connectivity index (χ0n) is 15.4. The Morgan fingerprint density at radius 3 is 2.69 bits per heavy atom.